The van der Waals surface area contributed by atoms with Gasteiger partial charge in [0.25, 0.3) is 0 Å². The van der Waals surface area contributed by atoms with Gasteiger partial charge < -0.3 is 15.0 Å². The van der Waals surface area contributed by atoms with E-state index in [-0.39, 0.29) is 30.2 Å². The second-order valence-electron chi connectivity index (χ2n) is 5.40. The molecule has 0 spiro atoms. The number of hydrogen-bond donors (Lipinski definition) is 1. The van der Waals surface area contributed by atoms with Crippen LogP contribution in [-0.4, -0.2) is 43.0 Å². The number of nitrogens with zero attached hydrogens (tertiary/aromatic N) is 1. The van der Waals surface area contributed by atoms with Crippen molar-refractivity contribution in [2.24, 2.45) is 5.92 Å². The summed E-state index contributed by atoms with van der Waals surface area (Å²) < 4.78 is 18.3. The van der Waals surface area contributed by atoms with Gasteiger partial charge in [0.15, 0.2) is 0 Å². The molecule has 1 aliphatic heterocycles. The van der Waals surface area contributed by atoms with E-state index in [1.54, 1.807) is 17.0 Å². The maximum Gasteiger partial charge on any atom is 0.225 e. The summed E-state index contributed by atoms with van der Waals surface area (Å²) in [4.78, 5) is 25.1. The summed E-state index contributed by atoms with van der Waals surface area (Å²) in [5, 5.41) is 2.80. The Morgan fingerprint density at radius 2 is 2.27 bits per heavy atom. The van der Waals surface area contributed by atoms with Crippen molar-refractivity contribution in [2.75, 3.05) is 26.2 Å². The van der Waals surface area contributed by atoms with Gasteiger partial charge in [0.2, 0.25) is 11.8 Å². The molecule has 1 heterocycles. The summed E-state index contributed by atoms with van der Waals surface area (Å²) in [5.41, 5.74) is 0. The number of nitrogens with one attached hydrogen (secondary N) is 1. The smallest absolute Gasteiger partial charge is 0.225 e. The first kappa shape index (κ1) is 16.3. The van der Waals surface area contributed by atoms with Crippen LogP contribution < -0.4 is 10.1 Å². The molecule has 0 saturated carbocycles. The minimum atomic E-state index is -0.354. The van der Waals surface area contributed by atoms with Gasteiger partial charge in [-0.05, 0) is 25.0 Å². The summed E-state index contributed by atoms with van der Waals surface area (Å²) in [5.74, 6) is -0.129. The van der Waals surface area contributed by atoms with Gasteiger partial charge in [-0.3, -0.25) is 9.59 Å². The van der Waals surface area contributed by atoms with Crippen molar-refractivity contribution in [3.8, 4) is 5.75 Å². The maximum atomic E-state index is 13.0. The third kappa shape index (κ3) is 4.72. The minimum absolute atomic E-state index is 0.00642. The lowest BCUT2D eigenvalue weighted by atomic mass is 9.97. The molecular weight excluding hydrogens is 287 g/mol. The molecule has 0 radical (unpaired) electrons. The van der Waals surface area contributed by atoms with Crippen molar-refractivity contribution < 1.29 is 18.7 Å². The number of carbonyl (C=O) groups is 2. The number of benzene rings is 1. The van der Waals surface area contributed by atoms with Crippen molar-refractivity contribution in [3.05, 3.63) is 30.1 Å². The van der Waals surface area contributed by atoms with E-state index in [1.165, 1.54) is 19.1 Å². The molecule has 5 nitrogen and oxygen atoms in total. The highest BCUT2D eigenvalue weighted by Gasteiger charge is 2.26. The van der Waals surface area contributed by atoms with E-state index in [0.717, 1.165) is 19.4 Å². The number of piperidine rings is 1. The monoisotopic (exact) mass is 308 g/mol. The second-order valence-corrected chi connectivity index (χ2v) is 5.40. The van der Waals surface area contributed by atoms with Crippen molar-refractivity contribution >= 4 is 11.8 Å². The van der Waals surface area contributed by atoms with Gasteiger partial charge in [0.05, 0.1) is 12.5 Å². The van der Waals surface area contributed by atoms with Gasteiger partial charge in [-0.25, -0.2) is 4.39 Å². The fraction of sp³-hybridized carbons (Fsp3) is 0.500. The number of halogens is 1. The quantitative estimate of drug-likeness (QED) is 0.840. The lowest BCUT2D eigenvalue weighted by Crippen LogP contribution is -2.45. The summed E-state index contributed by atoms with van der Waals surface area (Å²) in [6.07, 6.45) is 1.64. The van der Waals surface area contributed by atoms with Gasteiger partial charge in [-0.15, -0.1) is 0 Å². The van der Waals surface area contributed by atoms with Crippen LogP contribution in [0, 0.1) is 11.7 Å². The highest BCUT2D eigenvalue weighted by atomic mass is 19.1. The van der Waals surface area contributed by atoms with Crippen LogP contribution in [0.25, 0.3) is 0 Å². The Morgan fingerprint density at radius 1 is 1.45 bits per heavy atom. The molecule has 0 aliphatic carbocycles. The first-order chi connectivity index (χ1) is 10.6. The number of likely N-dealkylation sites (tertiary alicyclic amines) is 1. The van der Waals surface area contributed by atoms with Gasteiger partial charge in [0, 0.05) is 26.1 Å². The molecular formula is C16H21FN2O3. The molecule has 1 aromatic carbocycles. The number of ether oxygens (including phenoxy) is 1. The van der Waals surface area contributed by atoms with E-state index in [9.17, 15) is 14.0 Å². The molecule has 1 aliphatic rings. The standard InChI is InChI=1S/C16H21FN2O3/c1-12(20)19-8-3-4-13(11-19)16(21)18-7-9-22-15-6-2-5-14(17)10-15/h2,5-6,10,13H,3-4,7-9,11H2,1H3,(H,18,21). The molecule has 22 heavy (non-hydrogen) atoms. The first-order valence-corrected chi connectivity index (χ1v) is 7.48. The zero-order valence-corrected chi connectivity index (χ0v) is 12.7. The van der Waals surface area contributed by atoms with Crippen LogP contribution in [-0.2, 0) is 9.59 Å². The Balaban J connectivity index is 1.70. The fourth-order valence-electron chi connectivity index (χ4n) is 2.52. The maximum absolute atomic E-state index is 13.0. The topological polar surface area (TPSA) is 58.6 Å². The Kier molecular flexibility index (Phi) is 5.75. The summed E-state index contributed by atoms with van der Waals surface area (Å²) in [6, 6.07) is 5.88. The minimum Gasteiger partial charge on any atom is -0.492 e. The molecule has 1 aromatic rings. The Bertz CT molecular complexity index is 536. The molecule has 1 fully saturated rings. The van der Waals surface area contributed by atoms with Gasteiger partial charge in [-0.2, -0.15) is 0 Å². The number of amides is 2. The zero-order chi connectivity index (χ0) is 15.9. The Labute approximate surface area is 129 Å². The van der Waals surface area contributed by atoms with Crippen molar-refractivity contribution in [3.63, 3.8) is 0 Å². The summed E-state index contributed by atoms with van der Waals surface area (Å²) in [6.45, 7) is 3.35. The zero-order valence-electron chi connectivity index (χ0n) is 12.7. The van der Waals surface area contributed by atoms with E-state index in [0.29, 0.717) is 18.8 Å². The predicted molar refractivity (Wildman–Crippen MR) is 79.9 cm³/mol. The molecule has 1 N–H and O–H groups in total. The van der Waals surface area contributed by atoms with Crippen LogP contribution in [0.1, 0.15) is 19.8 Å². The summed E-state index contributed by atoms with van der Waals surface area (Å²) in [7, 11) is 0. The van der Waals surface area contributed by atoms with Crippen LogP contribution in [0.15, 0.2) is 24.3 Å². The van der Waals surface area contributed by atoms with Crippen LogP contribution in [0.3, 0.4) is 0 Å². The molecule has 1 atom stereocenters. The molecule has 2 rings (SSSR count). The average molecular weight is 308 g/mol. The summed E-state index contributed by atoms with van der Waals surface area (Å²) >= 11 is 0. The van der Waals surface area contributed by atoms with E-state index in [1.807, 2.05) is 0 Å². The molecule has 1 unspecified atom stereocenters. The van der Waals surface area contributed by atoms with Gasteiger partial charge >= 0.3 is 0 Å². The van der Waals surface area contributed by atoms with Gasteiger partial charge in [-0.1, -0.05) is 6.07 Å². The van der Waals surface area contributed by atoms with Gasteiger partial charge in [0.1, 0.15) is 18.2 Å². The first-order valence-electron chi connectivity index (χ1n) is 7.48. The number of hydrogen-bond acceptors (Lipinski definition) is 3. The molecule has 1 saturated heterocycles. The lowest BCUT2D eigenvalue weighted by Gasteiger charge is -2.31. The third-order valence-corrected chi connectivity index (χ3v) is 3.70. The van der Waals surface area contributed by atoms with Crippen molar-refractivity contribution in [2.45, 2.75) is 19.8 Å². The molecule has 0 bridgehead atoms. The molecule has 120 valence electrons. The van der Waals surface area contributed by atoms with Crippen LogP contribution >= 0.6 is 0 Å². The highest BCUT2D eigenvalue weighted by molar-refractivity contribution is 5.80. The Hall–Kier alpha value is -2.11. The van der Waals surface area contributed by atoms with Crippen LogP contribution in [0.5, 0.6) is 5.75 Å². The number of rotatable bonds is 5. The van der Waals surface area contributed by atoms with Crippen molar-refractivity contribution in [1.29, 1.82) is 0 Å². The predicted octanol–water partition coefficient (Wildman–Crippen LogP) is 1.58. The fourth-order valence-corrected chi connectivity index (χ4v) is 2.52. The van der Waals surface area contributed by atoms with E-state index in [4.69, 9.17) is 4.74 Å². The average Bonchev–Trinajstić information content (AvgIpc) is 2.51. The van der Waals surface area contributed by atoms with E-state index in [2.05, 4.69) is 5.32 Å². The third-order valence-electron chi connectivity index (χ3n) is 3.70. The van der Waals surface area contributed by atoms with Crippen LogP contribution in [0.4, 0.5) is 4.39 Å². The van der Waals surface area contributed by atoms with Crippen molar-refractivity contribution in [1.82, 2.24) is 10.2 Å². The molecule has 0 aromatic heterocycles. The highest BCUT2D eigenvalue weighted by Crippen LogP contribution is 2.16. The molecule has 2 amide bonds. The Morgan fingerprint density at radius 3 is 3.00 bits per heavy atom. The normalized spacial score (nSPS) is 17.9. The van der Waals surface area contributed by atoms with E-state index < -0.39 is 0 Å². The van der Waals surface area contributed by atoms with Crippen LogP contribution in [0.2, 0.25) is 0 Å². The SMILES string of the molecule is CC(=O)N1CCCC(C(=O)NCCOc2cccc(F)c2)C1. The number of carbonyl (C=O) groups excluding carboxylic acids is 2. The largest absolute Gasteiger partial charge is 0.492 e. The van der Waals surface area contributed by atoms with E-state index >= 15 is 0 Å². The second kappa shape index (κ2) is 7.77. The molecule has 6 heteroatoms. The lowest BCUT2D eigenvalue weighted by molar-refractivity contribution is -0.134.